The molecule has 0 saturated heterocycles. The van der Waals surface area contributed by atoms with E-state index in [1.165, 1.54) is 22.8 Å². The molecule has 0 radical (unpaired) electrons. The number of hydrogen-bond acceptors (Lipinski definition) is 7. The van der Waals surface area contributed by atoms with E-state index in [9.17, 15) is 14.4 Å². The van der Waals surface area contributed by atoms with Gasteiger partial charge < -0.3 is 9.47 Å². The largest absolute Gasteiger partial charge is 0.463 e. The van der Waals surface area contributed by atoms with E-state index in [1.54, 1.807) is 44.2 Å². The average molecular weight is 489 g/mol. The Hall–Kier alpha value is -4.04. The Bertz CT molecular complexity index is 1500. The first-order valence-electron chi connectivity index (χ1n) is 11.1. The smallest absolute Gasteiger partial charge is 0.338 e. The van der Waals surface area contributed by atoms with Crippen LogP contribution in [0.15, 0.2) is 81.7 Å². The van der Waals surface area contributed by atoms with Crippen LogP contribution in [0.5, 0.6) is 5.75 Å². The first-order chi connectivity index (χ1) is 16.9. The summed E-state index contributed by atoms with van der Waals surface area (Å²) in [7, 11) is 0. The predicted molar refractivity (Wildman–Crippen MR) is 135 cm³/mol. The molecule has 0 amide bonds. The zero-order valence-electron chi connectivity index (χ0n) is 19.6. The van der Waals surface area contributed by atoms with E-state index in [1.807, 2.05) is 42.5 Å². The maximum atomic E-state index is 13.5. The molecule has 178 valence electrons. The zero-order chi connectivity index (χ0) is 24.9. The van der Waals surface area contributed by atoms with E-state index >= 15 is 0 Å². The highest BCUT2D eigenvalue weighted by molar-refractivity contribution is 7.07. The SMILES string of the molecule is CCOC(=O)C1=C(C)N=c2sc(=C/C=C/c3ccccc3)c(=O)n2[C@@H]1c1ccc(OC(C)=O)cc1. The van der Waals surface area contributed by atoms with Gasteiger partial charge in [-0.25, -0.2) is 9.79 Å². The van der Waals surface area contributed by atoms with E-state index in [2.05, 4.69) is 4.99 Å². The van der Waals surface area contributed by atoms with Crippen molar-refractivity contribution in [3.05, 3.63) is 103 Å². The van der Waals surface area contributed by atoms with Crippen molar-refractivity contribution in [2.45, 2.75) is 26.8 Å². The molecule has 1 aliphatic rings. The van der Waals surface area contributed by atoms with Crippen LogP contribution in [0.1, 0.15) is 37.9 Å². The van der Waals surface area contributed by atoms with Crippen LogP contribution in [0, 0.1) is 0 Å². The second-order valence-electron chi connectivity index (χ2n) is 7.76. The van der Waals surface area contributed by atoms with Crippen LogP contribution >= 0.6 is 11.3 Å². The van der Waals surface area contributed by atoms with Crippen LogP contribution in [0.4, 0.5) is 0 Å². The van der Waals surface area contributed by atoms with Crippen molar-refractivity contribution in [1.29, 1.82) is 0 Å². The van der Waals surface area contributed by atoms with Gasteiger partial charge in [-0.2, -0.15) is 0 Å². The summed E-state index contributed by atoms with van der Waals surface area (Å²) < 4.78 is 12.4. The summed E-state index contributed by atoms with van der Waals surface area (Å²) in [4.78, 5) is 42.7. The number of aromatic nitrogens is 1. The second kappa shape index (κ2) is 10.5. The van der Waals surface area contributed by atoms with Crippen molar-refractivity contribution in [1.82, 2.24) is 4.57 Å². The summed E-state index contributed by atoms with van der Waals surface area (Å²) in [5.74, 6) is -0.587. The Morgan fingerprint density at radius 1 is 1.11 bits per heavy atom. The molecule has 0 bridgehead atoms. The molecule has 0 unspecified atom stereocenters. The average Bonchev–Trinajstić information content (AvgIpc) is 3.14. The fraction of sp³-hybridized carbons (Fsp3) is 0.185. The van der Waals surface area contributed by atoms with Gasteiger partial charge in [-0.05, 0) is 43.2 Å². The summed E-state index contributed by atoms with van der Waals surface area (Å²) in [6.07, 6.45) is 5.49. The van der Waals surface area contributed by atoms with Crippen LogP contribution < -0.4 is 19.6 Å². The summed E-state index contributed by atoms with van der Waals surface area (Å²) in [5, 5.41) is 0. The quantitative estimate of drug-likeness (QED) is 0.392. The fourth-order valence-electron chi connectivity index (χ4n) is 3.82. The summed E-state index contributed by atoms with van der Waals surface area (Å²) in [6.45, 7) is 4.98. The molecule has 35 heavy (non-hydrogen) atoms. The van der Waals surface area contributed by atoms with E-state index in [-0.39, 0.29) is 12.2 Å². The number of allylic oxidation sites excluding steroid dienone is 2. The molecule has 0 spiro atoms. The number of benzene rings is 2. The van der Waals surface area contributed by atoms with E-state index in [0.717, 1.165) is 5.56 Å². The van der Waals surface area contributed by atoms with E-state index in [0.29, 0.717) is 31.9 Å². The molecule has 0 saturated carbocycles. The van der Waals surface area contributed by atoms with Crippen LogP contribution in [-0.2, 0) is 14.3 Å². The highest BCUT2D eigenvalue weighted by atomic mass is 32.1. The van der Waals surface area contributed by atoms with Crippen molar-refractivity contribution in [3.8, 4) is 5.75 Å². The lowest BCUT2D eigenvalue weighted by Crippen LogP contribution is -2.39. The number of rotatable bonds is 6. The number of nitrogens with zero attached hydrogens (tertiary/aromatic N) is 2. The minimum atomic E-state index is -0.725. The molecule has 1 aromatic heterocycles. The Balaban J connectivity index is 1.83. The van der Waals surface area contributed by atoms with Crippen molar-refractivity contribution >= 4 is 35.4 Å². The van der Waals surface area contributed by atoms with E-state index < -0.39 is 18.0 Å². The van der Waals surface area contributed by atoms with Gasteiger partial charge >= 0.3 is 11.9 Å². The summed E-state index contributed by atoms with van der Waals surface area (Å²) in [6, 6.07) is 15.8. The molecule has 2 heterocycles. The predicted octanol–water partition coefficient (Wildman–Crippen LogP) is 3.39. The maximum absolute atomic E-state index is 13.5. The minimum Gasteiger partial charge on any atom is -0.463 e. The Morgan fingerprint density at radius 2 is 1.83 bits per heavy atom. The van der Waals surface area contributed by atoms with Gasteiger partial charge in [-0.15, -0.1) is 0 Å². The van der Waals surface area contributed by atoms with Gasteiger partial charge in [0.2, 0.25) is 0 Å². The maximum Gasteiger partial charge on any atom is 0.338 e. The topological polar surface area (TPSA) is 87.0 Å². The molecule has 8 heteroatoms. The lowest BCUT2D eigenvalue weighted by atomic mass is 9.96. The lowest BCUT2D eigenvalue weighted by Gasteiger charge is -2.24. The zero-order valence-corrected chi connectivity index (χ0v) is 20.4. The van der Waals surface area contributed by atoms with Crippen molar-refractivity contribution < 1.29 is 19.1 Å². The summed E-state index contributed by atoms with van der Waals surface area (Å²) >= 11 is 1.26. The highest BCUT2D eigenvalue weighted by Gasteiger charge is 2.33. The number of ether oxygens (including phenoxy) is 2. The molecule has 4 rings (SSSR count). The Kier molecular flexibility index (Phi) is 7.22. The van der Waals surface area contributed by atoms with Gasteiger partial charge in [0.1, 0.15) is 5.75 Å². The third-order valence-electron chi connectivity index (χ3n) is 5.31. The van der Waals surface area contributed by atoms with Crippen molar-refractivity contribution in [3.63, 3.8) is 0 Å². The van der Waals surface area contributed by atoms with Gasteiger partial charge in [-0.3, -0.25) is 14.2 Å². The van der Waals surface area contributed by atoms with Gasteiger partial charge in [0.05, 0.1) is 28.5 Å². The summed E-state index contributed by atoms with van der Waals surface area (Å²) in [5.41, 5.74) is 2.22. The normalized spacial score (nSPS) is 15.6. The molecule has 1 atom stereocenters. The number of carbonyl (C=O) groups is 2. The first-order valence-corrected chi connectivity index (χ1v) is 11.9. The highest BCUT2D eigenvalue weighted by Crippen LogP contribution is 2.31. The molecule has 7 nitrogen and oxygen atoms in total. The van der Waals surface area contributed by atoms with Crippen molar-refractivity contribution in [2.24, 2.45) is 4.99 Å². The van der Waals surface area contributed by atoms with Crippen LogP contribution in [-0.4, -0.2) is 23.1 Å². The molecule has 0 aliphatic carbocycles. The number of thiazole rings is 1. The molecule has 0 fully saturated rings. The van der Waals surface area contributed by atoms with Crippen LogP contribution in [0.2, 0.25) is 0 Å². The van der Waals surface area contributed by atoms with Gasteiger partial charge in [0.25, 0.3) is 5.56 Å². The Labute approximate surface area is 206 Å². The van der Waals surface area contributed by atoms with Crippen LogP contribution in [0.3, 0.4) is 0 Å². The fourth-order valence-corrected chi connectivity index (χ4v) is 4.81. The molecule has 2 aromatic carbocycles. The number of carbonyl (C=O) groups excluding carboxylic acids is 2. The Morgan fingerprint density at radius 3 is 2.49 bits per heavy atom. The van der Waals surface area contributed by atoms with E-state index in [4.69, 9.17) is 9.47 Å². The first kappa shape index (κ1) is 24.1. The van der Waals surface area contributed by atoms with Crippen LogP contribution in [0.25, 0.3) is 12.2 Å². The molecular formula is C27H24N2O5S. The van der Waals surface area contributed by atoms with Crippen molar-refractivity contribution in [2.75, 3.05) is 6.61 Å². The van der Waals surface area contributed by atoms with Gasteiger partial charge in [0, 0.05) is 6.92 Å². The molecule has 1 aliphatic heterocycles. The molecular weight excluding hydrogens is 464 g/mol. The number of esters is 2. The molecule has 3 aromatic rings. The third-order valence-corrected chi connectivity index (χ3v) is 6.31. The number of hydrogen-bond donors (Lipinski definition) is 0. The minimum absolute atomic E-state index is 0.197. The third kappa shape index (κ3) is 5.22. The lowest BCUT2D eigenvalue weighted by molar-refractivity contribution is -0.139. The second-order valence-corrected chi connectivity index (χ2v) is 8.77. The monoisotopic (exact) mass is 488 g/mol. The van der Waals surface area contributed by atoms with Gasteiger partial charge in [-0.1, -0.05) is 66.0 Å². The molecule has 0 N–H and O–H groups in total. The standard InChI is InChI=1S/C27H24N2O5S/c1-4-33-26(32)23-17(2)28-27-29(24(23)20-13-15-21(16-14-20)34-18(3)30)25(31)22(35-27)12-8-11-19-9-6-5-7-10-19/h5-16,24H,4H2,1-3H3/b11-8+,22-12?/t24-/m1/s1. The van der Waals surface area contributed by atoms with Gasteiger partial charge in [0.15, 0.2) is 4.80 Å². The number of fused-ring (bicyclic) bond motifs is 1.